The Labute approximate surface area is 141 Å². The molecular weight excluding hydrogens is 306 g/mol. The number of rotatable bonds is 6. The second-order valence-electron chi connectivity index (χ2n) is 6.71. The average molecular weight is 331 g/mol. The van der Waals surface area contributed by atoms with Crippen molar-refractivity contribution in [2.75, 3.05) is 0 Å². The Kier molecular flexibility index (Phi) is 5.21. The molecule has 1 atom stereocenters. The van der Waals surface area contributed by atoms with Crippen molar-refractivity contribution < 1.29 is 9.59 Å². The van der Waals surface area contributed by atoms with E-state index in [0.717, 1.165) is 5.69 Å². The molecule has 24 heavy (non-hydrogen) atoms. The van der Waals surface area contributed by atoms with Gasteiger partial charge in [-0.3, -0.25) is 9.59 Å². The number of nitrogens with zero attached hydrogens (tertiary/aromatic N) is 3. The summed E-state index contributed by atoms with van der Waals surface area (Å²) < 4.78 is 1.81. The van der Waals surface area contributed by atoms with E-state index in [9.17, 15) is 9.59 Å². The number of primary amides is 1. The van der Waals surface area contributed by atoms with E-state index in [-0.39, 0.29) is 30.3 Å². The summed E-state index contributed by atoms with van der Waals surface area (Å²) in [5.74, 6) is -0.515. The SMILES string of the molecule is CC(C)c1cc(C(=O)N[C@@H](C)CC(N)=O)c2cnn(C(C)C)c2n1. The minimum atomic E-state index is -0.446. The lowest BCUT2D eigenvalue weighted by Gasteiger charge is -2.15. The van der Waals surface area contributed by atoms with Crippen LogP contribution in [0.1, 0.15) is 69.1 Å². The van der Waals surface area contributed by atoms with E-state index in [4.69, 9.17) is 5.73 Å². The summed E-state index contributed by atoms with van der Waals surface area (Å²) in [5.41, 5.74) is 7.23. The highest BCUT2D eigenvalue weighted by atomic mass is 16.2. The maximum atomic E-state index is 12.7. The molecule has 2 aromatic heterocycles. The smallest absolute Gasteiger partial charge is 0.252 e. The quantitative estimate of drug-likeness (QED) is 0.846. The van der Waals surface area contributed by atoms with Crippen molar-refractivity contribution in [2.24, 2.45) is 5.73 Å². The highest BCUT2D eigenvalue weighted by Crippen LogP contribution is 2.24. The molecule has 7 heteroatoms. The zero-order valence-electron chi connectivity index (χ0n) is 14.8. The van der Waals surface area contributed by atoms with Gasteiger partial charge in [-0.2, -0.15) is 5.10 Å². The lowest BCUT2D eigenvalue weighted by molar-refractivity contribution is -0.118. The van der Waals surface area contributed by atoms with Crippen LogP contribution >= 0.6 is 0 Å². The molecule has 0 saturated carbocycles. The maximum absolute atomic E-state index is 12.7. The number of nitrogens with two attached hydrogens (primary N) is 1. The predicted molar refractivity (Wildman–Crippen MR) is 92.7 cm³/mol. The largest absolute Gasteiger partial charge is 0.370 e. The standard InChI is InChI=1S/C17H25N5O2/c1-9(2)14-7-12(17(24)20-11(5)6-15(18)23)13-8-19-22(10(3)4)16(13)21-14/h7-11H,6H2,1-5H3,(H2,18,23)(H,20,24)/t11-/m0/s1. The van der Waals surface area contributed by atoms with E-state index >= 15 is 0 Å². The van der Waals surface area contributed by atoms with Gasteiger partial charge >= 0.3 is 0 Å². The van der Waals surface area contributed by atoms with E-state index in [2.05, 4.69) is 15.4 Å². The first kappa shape index (κ1) is 17.9. The number of amides is 2. The van der Waals surface area contributed by atoms with Crippen LogP contribution in [0.3, 0.4) is 0 Å². The van der Waals surface area contributed by atoms with Gasteiger partial charge in [0.2, 0.25) is 5.91 Å². The monoisotopic (exact) mass is 331 g/mol. The Hall–Kier alpha value is -2.44. The van der Waals surface area contributed by atoms with Gasteiger partial charge in [-0.05, 0) is 32.8 Å². The normalized spacial score (nSPS) is 12.8. The zero-order chi connectivity index (χ0) is 18.0. The number of hydrogen-bond acceptors (Lipinski definition) is 4. The molecule has 0 aromatic carbocycles. The highest BCUT2D eigenvalue weighted by molar-refractivity contribution is 6.05. The molecule has 130 valence electrons. The van der Waals surface area contributed by atoms with E-state index in [0.29, 0.717) is 16.6 Å². The molecule has 0 unspecified atom stereocenters. The molecule has 0 saturated heterocycles. The van der Waals surface area contributed by atoms with Gasteiger partial charge in [0.15, 0.2) is 5.65 Å². The summed E-state index contributed by atoms with van der Waals surface area (Å²) in [7, 11) is 0. The second-order valence-corrected chi connectivity index (χ2v) is 6.71. The predicted octanol–water partition coefficient (Wildman–Crippen LogP) is 2.13. The lowest BCUT2D eigenvalue weighted by atomic mass is 10.0. The number of pyridine rings is 1. The Bertz CT molecular complexity index is 764. The average Bonchev–Trinajstić information content (AvgIpc) is 2.88. The van der Waals surface area contributed by atoms with Gasteiger partial charge in [0.25, 0.3) is 5.91 Å². The number of carbonyl (C=O) groups excluding carboxylic acids is 2. The van der Waals surface area contributed by atoms with Gasteiger partial charge in [-0.1, -0.05) is 13.8 Å². The molecule has 2 aromatic rings. The number of aromatic nitrogens is 3. The third-order valence-electron chi connectivity index (χ3n) is 3.80. The fourth-order valence-electron chi connectivity index (χ4n) is 2.55. The van der Waals surface area contributed by atoms with E-state index in [1.807, 2.05) is 32.4 Å². The van der Waals surface area contributed by atoms with Gasteiger partial charge in [-0.25, -0.2) is 9.67 Å². The Morgan fingerprint density at radius 2 is 1.92 bits per heavy atom. The molecule has 0 aliphatic rings. The number of carbonyl (C=O) groups is 2. The minimum absolute atomic E-state index is 0.0995. The molecule has 0 aliphatic carbocycles. The number of nitrogens with one attached hydrogen (secondary N) is 1. The fraction of sp³-hybridized carbons (Fsp3) is 0.529. The van der Waals surface area contributed by atoms with Crippen molar-refractivity contribution in [1.29, 1.82) is 0 Å². The van der Waals surface area contributed by atoms with Crippen molar-refractivity contribution in [3.05, 3.63) is 23.5 Å². The first-order chi connectivity index (χ1) is 11.2. The Morgan fingerprint density at radius 1 is 1.25 bits per heavy atom. The third kappa shape index (κ3) is 3.72. The Balaban J connectivity index is 2.48. The van der Waals surface area contributed by atoms with Crippen molar-refractivity contribution in [3.8, 4) is 0 Å². The van der Waals surface area contributed by atoms with Gasteiger partial charge in [0.1, 0.15) is 0 Å². The molecular formula is C17H25N5O2. The van der Waals surface area contributed by atoms with Gasteiger partial charge in [0, 0.05) is 24.2 Å². The molecule has 7 nitrogen and oxygen atoms in total. The summed E-state index contributed by atoms with van der Waals surface area (Å²) in [6.45, 7) is 9.85. The van der Waals surface area contributed by atoms with Crippen LogP contribution in [-0.4, -0.2) is 32.6 Å². The van der Waals surface area contributed by atoms with E-state index in [1.165, 1.54) is 0 Å². The van der Waals surface area contributed by atoms with Crippen LogP contribution in [0.2, 0.25) is 0 Å². The zero-order valence-corrected chi connectivity index (χ0v) is 14.8. The van der Waals surface area contributed by atoms with Gasteiger partial charge in [0.05, 0.1) is 17.1 Å². The van der Waals surface area contributed by atoms with Crippen LogP contribution < -0.4 is 11.1 Å². The number of hydrogen-bond donors (Lipinski definition) is 2. The molecule has 0 radical (unpaired) electrons. The Morgan fingerprint density at radius 3 is 2.46 bits per heavy atom. The van der Waals surface area contributed by atoms with Crippen LogP contribution in [0, 0.1) is 0 Å². The first-order valence-corrected chi connectivity index (χ1v) is 8.18. The van der Waals surface area contributed by atoms with Crippen LogP contribution in [0.25, 0.3) is 11.0 Å². The summed E-state index contributed by atoms with van der Waals surface area (Å²) in [5, 5.41) is 7.89. The molecule has 0 spiro atoms. The fourth-order valence-corrected chi connectivity index (χ4v) is 2.55. The van der Waals surface area contributed by atoms with Crippen LogP contribution in [-0.2, 0) is 4.79 Å². The van der Waals surface area contributed by atoms with Crippen molar-refractivity contribution in [2.45, 2.75) is 59.0 Å². The topological polar surface area (TPSA) is 103 Å². The van der Waals surface area contributed by atoms with Crippen molar-refractivity contribution in [3.63, 3.8) is 0 Å². The summed E-state index contributed by atoms with van der Waals surface area (Å²) >= 11 is 0. The van der Waals surface area contributed by atoms with Crippen LogP contribution in [0.15, 0.2) is 12.3 Å². The number of fused-ring (bicyclic) bond motifs is 1. The van der Waals surface area contributed by atoms with Crippen molar-refractivity contribution >= 4 is 22.8 Å². The molecule has 0 bridgehead atoms. The van der Waals surface area contributed by atoms with E-state index < -0.39 is 5.91 Å². The lowest BCUT2D eigenvalue weighted by Crippen LogP contribution is -2.35. The molecule has 2 heterocycles. The van der Waals surface area contributed by atoms with E-state index in [1.54, 1.807) is 19.2 Å². The second kappa shape index (κ2) is 6.98. The van der Waals surface area contributed by atoms with Gasteiger partial charge < -0.3 is 11.1 Å². The molecule has 3 N–H and O–H groups in total. The molecule has 2 amide bonds. The summed E-state index contributed by atoms with van der Waals surface area (Å²) in [4.78, 5) is 28.4. The summed E-state index contributed by atoms with van der Waals surface area (Å²) in [6.07, 6.45) is 1.77. The first-order valence-electron chi connectivity index (χ1n) is 8.18. The van der Waals surface area contributed by atoms with Gasteiger partial charge in [-0.15, -0.1) is 0 Å². The summed E-state index contributed by atoms with van der Waals surface area (Å²) in [6, 6.07) is 1.61. The van der Waals surface area contributed by atoms with Crippen molar-refractivity contribution in [1.82, 2.24) is 20.1 Å². The molecule has 0 fully saturated rings. The third-order valence-corrected chi connectivity index (χ3v) is 3.80. The maximum Gasteiger partial charge on any atom is 0.252 e. The minimum Gasteiger partial charge on any atom is -0.370 e. The van der Waals surface area contributed by atoms with Crippen LogP contribution in [0.4, 0.5) is 0 Å². The van der Waals surface area contributed by atoms with Crippen LogP contribution in [0.5, 0.6) is 0 Å². The molecule has 0 aliphatic heterocycles. The highest BCUT2D eigenvalue weighted by Gasteiger charge is 2.20. The molecule has 2 rings (SSSR count).